The molecule has 3 fully saturated rings. The number of H-pyrrole nitrogens is 1. The summed E-state index contributed by atoms with van der Waals surface area (Å²) in [7, 11) is 0. The Morgan fingerprint density at radius 3 is 2.64 bits per heavy atom. The van der Waals surface area contributed by atoms with E-state index in [9.17, 15) is 0 Å². The van der Waals surface area contributed by atoms with Crippen molar-refractivity contribution in [2.75, 3.05) is 32.7 Å². The highest BCUT2D eigenvalue weighted by molar-refractivity contribution is 5.83. The number of fused-ring (bicyclic) bond motifs is 1. The average molecular weight is 338 g/mol. The number of aromatic amines is 1. The Kier molecular flexibility index (Phi) is 4.28. The highest BCUT2D eigenvalue weighted by atomic mass is 15.3. The van der Waals surface area contributed by atoms with Crippen LogP contribution in [0, 0.1) is 0 Å². The molecule has 2 N–H and O–H groups in total. The molecule has 1 aliphatic carbocycles. The number of benzene rings is 1. The first-order chi connectivity index (χ1) is 12.4. The number of piperazine rings is 1. The predicted molar refractivity (Wildman–Crippen MR) is 103 cm³/mol. The van der Waals surface area contributed by atoms with Crippen molar-refractivity contribution in [3.63, 3.8) is 0 Å². The van der Waals surface area contributed by atoms with Crippen LogP contribution in [0.4, 0.5) is 0 Å². The molecule has 4 heteroatoms. The van der Waals surface area contributed by atoms with E-state index in [1.54, 1.807) is 0 Å². The Morgan fingerprint density at radius 1 is 1.00 bits per heavy atom. The van der Waals surface area contributed by atoms with Crippen molar-refractivity contribution in [3.05, 3.63) is 35.5 Å². The van der Waals surface area contributed by atoms with Crippen LogP contribution in [0.1, 0.15) is 49.3 Å². The van der Waals surface area contributed by atoms with E-state index in [1.165, 1.54) is 80.3 Å². The Bertz CT molecular complexity index is 719. The molecule has 1 saturated carbocycles. The van der Waals surface area contributed by atoms with Crippen LogP contribution < -0.4 is 5.32 Å². The molecule has 3 heterocycles. The van der Waals surface area contributed by atoms with Gasteiger partial charge in [0.15, 0.2) is 0 Å². The van der Waals surface area contributed by atoms with Gasteiger partial charge in [-0.25, -0.2) is 0 Å². The van der Waals surface area contributed by atoms with Gasteiger partial charge in [-0.3, -0.25) is 9.80 Å². The highest BCUT2D eigenvalue weighted by Gasteiger charge is 2.31. The molecule has 0 radical (unpaired) electrons. The Balaban J connectivity index is 1.27. The van der Waals surface area contributed by atoms with Gasteiger partial charge < -0.3 is 10.3 Å². The van der Waals surface area contributed by atoms with Gasteiger partial charge in [-0.15, -0.1) is 0 Å². The lowest BCUT2D eigenvalue weighted by molar-refractivity contribution is 0.122. The molecule has 2 saturated heterocycles. The van der Waals surface area contributed by atoms with E-state index in [-0.39, 0.29) is 0 Å². The smallest absolute Gasteiger partial charge is 0.0460 e. The zero-order chi connectivity index (χ0) is 16.6. The lowest BCUT2D eigenvalue weighted by Crippen LogP contribution is -2.46. The van der Waals surface area contributed by atoms with Gasteiger partial charge in [-0.05, 0) is 49.4 Å². The van der Waals surface area contributed by atoms with Crippen LogP contribution in [0.5, 0.6) is 0 Å². The maximum atomic E-state index is 3.66. The summed E-state index contributed by atoms with van der Waals surface area (Å²) in [6.07, 6.45) is 9.03. The van der Waals surface area contributed by atoms with Gasteiger partial charge in [0.05, 0.1) is 0 Å². The van der Waals surface area contributed by atoms with Crippen LogP contribution >= 0.6 is 0 Å². The molecule has 1 unspecified atom stereocenters. The monoisotopic (exact) mass is 338 g/mol. The first-order valence-electron chi connectivity index (χ1n) is 10.2. The molecule has 5 rings (SSSR count). The van der Waals surface area contributed by atoms with Crippen molar-refractivity contribution in [1.82, 2.24) is 20.1 Å². The van der Waals surface area contributed by atoms with Gasteiger partial charge >= 0.3 is 0 Å². The lowest BCUT2D eigenvalue weighted by atomic mass is 9.96. The summed E-state index contributed by atoms with van der Waals surface area (Å²) in [5, 5.41) is 5.07. The maximum Gasteiger partial charge on any atom is 0.0460 e. The van der Waals surface area contributed by atoms with Gasteiger partial charge in [0.2, 0.25) is 0 Å². The molecular weight excluding hydrogens is 308 g/mol. The molecular formula is C21H30N4. The van der Waals surface area contributed by atoms with Crippen LogP contribution in [0.25, 0.3) is 10.9 Å². The number of hydrogen-bond acceptors (Lipinski definition) is 3. The Labute approximate surface area is 150 Å². The zero-order valence-electron chi connectivity index (χ0n) is 15.1. The molecule has 4 nitrogen and oxygen atoms in total. The zero-order valence-corrected chi connectivity index (χ0v) is 15.1. The minimum absolute atomic E-state index is 0.542. The standard InChI is InChI=1S/C21H30N4/c1-2-8-22-20(3-1)16-4-7-19-17(14-23-21(19)13-16)15-24-9-11-25(12-10-24)18-5-6-18/h4,7,13-14,18,20,22-23H,1-3,5-6,8-12,15H2. The molecule has 3 aliphatic rings. The largest absolute Gasteiger partial charge is 0.361 e. The average Bonchev–Trinajstić information content (AvgIpc) is 3.45. The van der Waals surface area contributed by atoms with E-state index in [0.29, 0.717) is 6.04 Å². The van der Waals surface area contributed by atoms with E-state index in [1.807, 2.05) is 0 Å². The van der Waals surface area contributed by atoms with E-state index in [2.05, 4.69) is 44.5 Å². The molecule has 25 heavy (non-hydrogen) atoms. The lowest BCUT2D eigenvalue weighted by Gasteiger charge is -2.34. The van der Waals surface area contributed by atoms with E-state index < -0.39 is 0 Å². The minimum atomic E-state index is 0.542. The van der Waals surface area contributed by atoms with Crippen molar-refractivity contribution in [2.45, 2.75) is 50.7 Å². The molecule has 2 aromatic rings. The number of nitrogens with zero attached hydrogens (tertiary/aromatic N) is 2. The number of hydrogen-bond donors (Lipinski definition) is 2. The predicted octanol–water partition coefficient (Wildman–Crippen LogP) is 3.26. The number of nitrogens with one attached hydrogen (secondary N) is 2. The van der Waals surface area contributed by atoms with Crippen LogP contribution in [-0.2, 0) is 6.54 Å². The summed E-state index contributed by atoms with van der Waals surface area (Å²) < 4.78 is 0. The highest BCUT2D eigenvalue weighted by Crippen LogP contribution is 2.29. The number of piperidine rings is 1. The third kappa shape index (κ3) is 3.35. The molecule has 0 spiro atoms. The van der Waals surface area contributed by atoms with Gasteiger partial charge in [0.25, 0.3) is 0 Å². The van der Waals surface area contributed by atoms with Gasteiger partial charge in [-0.2, -0.15) is 0 Å². The second kappa shape index (κ2) is 6.75. The summed E-state index contributed by atoms with van der Waals surface area (Å²) >= 11 is 0. The van der Waals surface area contributed by atoms with Gasteiger partial charge in [-0.1, -0.05) is 18.6 Å². The van der Waals surface area contributed by atoms with Crippen LogP contribution in [0.15, 0.2) is 24.4 Å². The molecule has 134 valence electrons. The summed E-state index contributed by atoms with van der Waals surface area (Å²) in [4.78, 5) is 8.84. The van der Waals surface area contributed by atoms with Crippen LogP contribution in [0.2, 0.25) is 0 Å². The minimum Gasteiger partial charge on any atom is -0.361 e. The van der Waals surface area contributed by atoms with Crippen molar-refractivity contribution in [2.24, 2.45) is 0 Å². The molecule has 0 amide bonds. The molecule has 0 bridgehead atoms. The topological polar surface area (TPSA) is 34.3 Å². The van der Waals surface area contributed by atoms with Crippen molar-refractivity contribution in [3.8, 4) is 0 Å². The summed E-state index contributed by atoms with van der Waals surface area (Å²) in [6, 6.07) is 8.51. The maximum absolute atomic E-state index is 3.66. The van der Waals surface area contributed by atoms with Crippen molar-refractivity contribution in [1.29, 1.82) is 0 Å². The molecule has 1 aromatic heterocycles. The first-order valence-corrected chi connectivity index (χ1v) is 10.2. The third-order valence-corrected chi connectivity index (χ3v) is 6.37. The Morgan fingerprint density at radius 2 is 1.88 bits per heavy atom. The summed E-state index contributed by atoms with van der Waals surface area (Å²) in [5.74, 6) is 0. The fourth-order valence-corrected chi connectivity index (χ4v) is 4.66. The Hall–Kier alpha value is -1.36. The van der Waals surface area contributed by atoms with Gasteiger partial charge in [0, 0.05) is 61.9 Å². The van der Waals surface area contributed by atoms with E-state index in [4.69, 9.17) is 0 Å². The molecule has 2 aliphatic heterocycles. The quantitative estimate of drug-likeness (QED) is 0.898. The number of aromatic nitrogens is 1. The third-order valence-electron chi connectivity index (χ3n) is 6.37. The first kappa shape index (κ1) is 15.9. The SMILES string of the molecule is c1cc2c(CN3CCN(C4CC4)CC3)c[nH]c2cc1C1CCCCN1. The summed E-state index contributed by atoms with van der Waals surface area (Å²) in [6.45, 7) is 7.18. The second-order valence-electron chi connectivity index (χ2n) is 8.16. The van der Waals surface area contributed by atoms with Crippen LogP contribution in [0.3, 0.4) is 0 Å². The van der Waals surface area contributed by atoms with E-state index in [0.717, 1.165) is 19.1 Å². The number of rotatable bonds is 4. The fourth-order valence-electron chi connectivity index (χ4n) is 4.66. The van der Waals surface area contributed by atoms with Crippen LogP contribution in [-0.4, -0.2) is 53.5 Å². The molecule has 1 atom stereocenters. The van der Waals surface area contributed by atoms with Crippen molar-refractivity contribution >= 4 is 10.9 Å². The molecule has 1 aromatic carbocycles. The van der Waals surface area contributed by atoms with E-state index >= 15 is 0 Å². The van der Waals surface area contributed by atoms with Gasteiger partial charge in [0.1, 0.15) is 0 Å². The second-order valence-corrected chi connectivity index (χ2v) is 8.16. The van der Waals surface area contributed by atoms with Crippen molar-refractivity contribution < 1.29 is 0 Å². The summed E-state index contributed by atoms with van der Waals surface area (Å²) in [5.41, 5.74) is 4.20. The fraction of sp³-hybridized carbons (Fsp3) is 0.619. The normalized spacial score (nSPS) is 26.3.